The molecule has 1 heterocycles. The van der Waals surface area contributed by atoms with E-state index < -0.39 is 0 Å². The molecule has 2 rings (SSSR count). The molecular weight excluding hydrogens is 260 g/mol. The van der Waals surface area contributed by atoms with Gasteiger partial charge >= 0.3 is 0 Å². The predicted octanol–water partition coefficient (Wildman–Crippen LogP) is 3.95. The van der Waals surface area contributed by atoms with Crippen molar-refractivity contribution >= 4 is 10.9 Å². The van der Waals surface area contributed by atoms with E-state index in [1.807, 2.05) is 12.3 Å². The van der Waals surface area contributed by atoms with Crippen molar-refractivity contribution in [3.63, 3.8) is 0 Å². The van der Waals surface area contributed by atoms with Crippen molar-refractivity contribution < 1.29 is 4.74 Å². The third kappa shape index (κ3) is 4.26. The molecule has 0 amide bonds. The lowest BCUT2D eigenvalue weighted by molar-refractivity contribution is 0.149. The Morgan fingerprint density at radius 2 is 2.05 bits per heavy atom. The first-order valence-corrected chi connectivity index (χ1v) is 7.82. The number of hydrogen-bond acceptors (Lipinski definition) is 3. The minimum absolute atomic E-state index is 0.327. The lowest BCUT2D eigenvalue weighted by atomic mass is 9.94. The summed E-state index contributed by atoms with van der Waals surface area (Å²) in [6.45, 7) is 6.25. The smallest absolute Gasteiger partial charge is 0.0749 e. The van der Waals surface area contributed by atoms with E-state index in [4.69, 9.17) is 4.74 Å². The van der Waals surface area contributed by atoms with E-state index in [1.165, 1.54) is 10.9 Å². The molecule has 0 aliphatic carbocycles. The monoisotopic (exact) mass is 286 g/mol. The van der Waals surface area contributed by atoms with Gasteiger partial charge in [-0.15, -0.1) is 0 Å². The molecule has 2 aromatic rings. The maximum Gasteiger partial charge on any atom is 0.0749 e. The molecule has 0 aliphatic heterocycles. The fraction of sp³-hybridized carbons (Fsp3) is 0.500. The van der Waals surface area contributed by atoms with Gasteiger partial charge in [-0.05, 0) is 36.9 Å². The topological polar surface area (TPSA) is 34.1 Å². The number of nitrogens with one attached hydrogen (secondary N) is 1. The van der Waals surface area contributed by atoms with E-state index in [0.717, 1.165) is 31.5 Å². The molecule has 0 aliphatic rings. The van der Waals surface area contributed by atoms with Gasteiger partial charge in [0.2, 0.25) is 0 Å². The van der Waals surface area contributed by atoms with Crippen LogP contribution in [0.1, 0.15) is 38.3 Å². The van der Waals surface area contributed by atoms with Gasteiger partial charge in [-0.25, -0.2) is 0 Å². The standard InChI is InChI=1S/C18H26N2O/c1-4-10-19-17(12-14(2)13-21-3)16-9-5-7-15-8-6-11-20-18(15)16/h5-9,11,14,17,19H,4,10,12-13H2,1-3H3. The van der Waals surface area contributed by atoms with Gasteiger partial charge in [0.25, 0.3) is 0 Å². The first kappa shape index (κ1) is 15.9. The van der Waals surface area contributed by atoms with Gasteiger partial charge in [0.15, 0.2) is 0 Å². The van der Waals surface area contributed by atoms with Gasteiger partial charge < -0.3 is 10.1 Å². The number of fused-ring (bicyclic) bond motifs is 1. The fourth-order valence-corrected chi connectivity index (χ4v) is 2.80. The van der Waals surface area contributed by atoms with Crippen molar-refractivity contribution in [2.75, 3.05) is 20.3 Å². The number of benzene rings is 1. The zero-order valence-electron chi connectivity index (χ0n) is 13.3. The maximum atomic E-state index is 5.29. The second-order valence-electron chi connectivity index (χ2n) is 5.73. The van der Waals surface area contributed by atoms with Crippen LogP contribution >= 0.6 is 0 Å². The minimum Gasteiger partial charge on any atom is -0.384 e. The number of nitrogens with zero attached hydrogens (tertiary/aromatic N) is 1. The van der Waals surface area contributed by atoms with Crippen molar-refractivity contribution in [1.82, 2.24) is 10.3 Å². The molecule has 1 N–H and O–H groups in total. The van der Waals surface area contributed by atoms with Gasteiger partial charge in [0.1, 0.15) is 0 Å². The summed E-state index contributed by atoms with van der Waals surface area (Å²) in [4.78, 5) is 4.59. The largest absolute Gasteiger partial charge is 0.384 e. The van der Waals surface area contributed by atoms with Crippen LogP contribution < -0.4 is 5.32 Å². The second kappa shape index (κ2) is 8.11. The Kier molecular flexibility index (Phi) is 6.15. The number of hydrogen-bond donors (Lipinski definition) is 1. The Balaban J connectivity index is 2.29. The van der Waals surface area contributed by atoms with E-state index in [2.05, 4.69) is 48.4 Å². The van der Waals surface area contributed by atoms with Gasteiger partial charge in [0, 0.05) is 31.3 Å². The Bertz CT molecular complexity index is 550. The molecule has 2 unspecified atom stereocenters. The molecule has 114 valence electrons. The number of para-hydroxylation sites is 1. The molecule has 0 saturated heterocycles. The molecule has 0 saturated carbocycles. The van der Waals surface area contributed by atoms with Crippen LogP contribution in [0.2, 0.25) is 0 Å². The number of aromatic nitrogens is 1. The molecule has 0 fully saturated rings. The molecule has 3 nitrogen and oxygen atoms in total. The third-order valence-corrected chi connectivity index (χ3v) is 3.77. The molecule has 1 aromatic carbocycles. The summed E-state index contributed by atoms with van der Waals surface area (Å²) in [5.41, 5.74) is 2.41. The molecule has 0 radical (unpaired) electrons. The van der Waals surface area contributed by atoms with Crippen LogP contribution in [0.25, 0.3) is 10.9 Å². The highest BCUT2D eigenvalue weighted by Crippen LogP contribution is 2.27. The van der Waals surface area contributed by atoms with Crippen molar-refractivity contribution in [3.8, 4) is 0 Å². The second-order valence-corrected chi connectivity index (χ2v) is 5.73. The van der Waals surface area contributed by atoms with Crippen molar-refractivity contribution in [3.05, 3.63) is 42.1 Å². The Labute approximate surface area is 127 Å². The normalized spacial score (nSPS) is 14.2. The fourth-order valence-electron chi connectivity index (χ4n) is 2.80. The highest BCUT2D eigenvalue weighted by atomic mass is 16.5. The van der Waals surface area contributed by atoms with Gasteiger partial charge in [-0.3, -0.25) is 4.98 Å². The van der Waals surface area contributed by atoms with Gasteiger partial charge in [0.05, 0.1) is 5.52 Å². The maximum absolute atomic E-state index is 5.29. The third-order valence-electron chi connectivity index (χ3n) is 3.77. The quantitative estimate of drug-likeness (QED) is 0.798. The van der Waals surface area contributed by atoms with Crippen LogP contribution in [-0.4, -0.2) is 25.2 Å². The van der Waals surface area contributed by atoms with E-state index in [0.29, 0.717) is 12.0 Å². The van der Waals surface area contributed by atoms with Crippen LogP contribution in [-0.2, 0) is 4.74 Å². The van der Waals surface area contributed by atoms with E-state index in [1.54, 1.807) is 7.11 Å². The highest BCUT2D eigenvalue weighted by molar-refractivity contribution is 5.82. The van der Waals surface area contributed by atoms with Gasteiger partial charge in [-0.1, -0.05) is 38.1 Å². The molecule has 1 aromatic heterocycles. The van der Waals surface area contributed by atoms with Crippen LogP contribution in [0.4, 0.5) is 0 Å². The summed E-state index contributed by atoms with van der Waals surface area (Å²) >= 11 is 0. The van der Waals surface area contributed by atoms with Crippen LogP contribution in [0.5, 0.6) is 0 Å². The van der Waals surface area contributed by atoms with Crippen LogP contribution in [0, 0.1) is 5.92 Å². The molecule has 0 spiro atoms. The SMILES string of the molecule is CCCNC(CC(C)COC)c1cccc2cccnc12. The summed E-state index contributed by atoms with van der Waals surface area (Å²) in [7, 11) is 1.77. The Morgan fingerprint density at radius 3 is 2.81 bits per heavy atom. The summed E-state index contributed by atoms with van der Waals surface area (Å²) in [6, 6.07) is 10.9. The average molecular weight is 286 g/mol. The summed E-state index contributed by atoms with van der Waals surface area (Å²) < 4.78 is 5.29. The number of methoxy groups -OCH3 is 1. The number of ether oxygens (including phenoxy) is 1. The van der Waals surface area contributed by atoms with E-state index in [-0.39, 0.29) is 0 Å². The summed E-state index contributed by atoms with van der Waals surface area (Å²) in [6.07, 6.45) is 4.07. The van der Waals surface area contributed by atoms with Crippen molar-refractivity contribution in [1.29, 1.82) is 0 Å². The van der Waals surface area contributed by atoms with Crippen LogP contribution in [0.3, 0.4) is 0 Å². The first-order chi connectivity index (χ1) is 10.3. The summed E-state index contributed by atoms with van der Waals surface area (Å²) in [5, 5.41) is 4.88. The number of rotatable bonds is 8. The van der Waals surface area contributed by atoms with Gasteiger partial charge in [-0.2, -0.15) is 0 Å². The Hall–Kier alpha value is -1.45. The minimum atomic E-state index is 0.327. The van der Waals surface area contributed by atoms with Crippen molar-refractivity contribution in [2.45, 2.75) is 32.7 Å². The zero-order valence-corrected chi connectivity index (χ0v) is 13.3. The average Bonchev–Trinajstić information content (AvgIpc) is 2.51. The van der Waals surface area contributed by atoms with Crippen molar-refractivity contribution in [2.24, 2.45) is 5.92 Å². The zero-order chi connectivity index (χ0) is 15.1. The first-order valence-electron chi connectivity index (χ1n) is 7.82. The molecule has 0 bridgehead atoms. The van der Waals surface area contributed by atoms with E-state index in [9.17, 15) is 0 Å². The molecule has 21 heavy (non-hydrogen) atoms. The Morgan fingerprint density at radius 1 is 1.24 bits per heavy atom. The predicted molar refractivity (Wildman–Crippen MR) is 88.4 cm³/mol. The molecule has 3 heteroatoms. The summed E-state index contributed by atoms with van der Waals surface area (Å²) in [5.74, 6) is 0.517. The number of pyridine rings is 1. The highest BCUT2D eigenvalue weighted by Gasteiger charge is 2.17. The lowest BCUT2D eigenvalue weighted by Crippen LogP contribution is -2.25. The van der Waals surface area contributed by atoms with E-state index >= 15 is 0 Å². The lowest BCUT2D eigenvalue weighted by Gasteiger charge is -2.23. The van der Waals surface area contributed by atoms with Crippen LogP contribution in [0.15, 0.2) is 36.5 Å². The molecular formula is C18H26N2O. The molecule has 2 atom stereocenters.